The standard InChI is InChI=1S/C11H22N2O2/c1-4-12(3)10-6-8-13(9-7-10)11(14)15-5-2/h10H,4-9H2,1-3H3. The van der Waals surface area contributed by atoms with Crippen LogP contribution in [0.5, 0.6) is 0 Å². The molecule has 88 valence electrons. The van der Waals surface area contributed by atoms with E-state index in [2.05, 4.69) is 18.9 Å². The molecule has 0 radical (unpaired) electrons. The molecule has 15 heavy (non-hydrogen) atoms. The van der Waals surface area contributed by atoms with Crippen LogP contribution in [0.4, 0.5) is 4.79 Å². The molecular weight excluding hydrogens is 192 g/mol. The third kappa shape index (κ3) is 3.38. The number of rotatable bonds is 3. The van der Waals surface area contributed by atoms with Crippen molar-refractivity contribution in [3.05, 3.63) is 0 Å². The first-order valence-corrected chi connectivity index (χ1v) is 5.81. The smallest absolute Gasteiger partial charge is 0.409 e. The average Bonchev–Trinajstić information content (AvgIpc) is 2.28. The lowest BCUT2D eigenvalue weighted by molar-refractivity contribution is 0.0818. The Hall–Kier alpha value is -0.770. The van der Waals surface area contributed by atoms with E-state index in [1.54, 1.807) is 0 Å². The number of carbonyl (C=O) groups excluding carboxylic acids is 1. The number of carbonyl (C=O) groups is 1. The third-order valence-corrected chi connectivity index (χ3v) is 3.11. The van der Waals surface area contributed by atoms with Crippen molar-refractivity contribution in [2.45, 2.75) is 32.7 Å². The molecule has 0 aromatic carbocycles. The van der Waals surface area contributed by atoms with E-state index in [-0.39, 0.29) is 6.09 Å². The zero-order chi connectivity index (χ0) is 11.3. The van der Waals surface area contributed by atoms with Gasteiger partial charge in [0.2, 0.25) is 0 Å². The number of hydrogen-bond acceptors (Lipinski definition) is 3. The molecule has 0 unspecified atom stereocenters. The molecule has 1 amide bonds. The molecule has 0 atom stereocenters. The lowest BCUT2D eigenvalue weighted by Crippen LogP contribution is -2.45. The minimum atomic E-state index is -0.157. The van der Waals surface area contributed by atoms with Crippen LogP contribution in [-0.2, 0) is 4.74 Å². The van der Waals surface area contributed by atoms with Crippen LogP contribution in [0.1, 0.15) is 26.7 Å². The van der Waals surface area contributed by atoms with Gasteiger partial charge in [0, 0.05) is 19.1 Å². The number of amides is 1. The Morgan fingerprint density at radius 2 is 2.00 bits per heavy atom. The van der Waals surface area contributed by atoms with Gasteiger partial charge in [-0.25, -0.2) is 4.79 Å². The normalized spacial score (nSPS) is 18.3. The molecule has 1 rings (SSSR count). The molecule has 0 aliphatic carbocycles. The Morgan fingerprint density at radius 3 is 2.47 bits per heavy atom. The highest BCUT2D eigenvalue weighted by atomic mass is 16.6. The van der Waals surface area contributed by atoms with Crippen molar-refractivity contribution < 1.29 is 9.53 Å². The highest BCUT2D eigenvalue weighted by Crippen LogP contribution is 2.15. The van der Waals surface area contributed by atoms with E-state index in [0.717, 1.165) is 32.5 Å². The summed E-state index contributed by atoms with van der Waals surface area (Å²) < 4.78 is 4.98. The maximum absolute atomic E-state index is 11.4. The molecule has 4 nitrogen and oxygen atoms in total. The van der Waals surface area contributed by atoms with E-state index >= 15 is 0 Å². The minimum Gasteiger partial charge on any atom is -0.450 e. The predicted molar refractivity (Wildman–Crippen MR) is 59.9 cm³/mol. The van der Waals surface area contributed by atoms with Gasteiger partial charge in [-0.2, -0.15) is 0 Å². The quantitative estimate of drug-likeness (QED) is 0.714. The molecule has 0 aromatic rings. The van der Waals surface area contributed by atoms with Crippen LogP contribution >= 0.6 is 0 Å². The van der Waals surface area contributed by atoms with Crippen molar-refractivity contribution in [2.24, 2.45) is 0 Å². The topological polar surface area (TPSA) is 32.8 Å². The van der Waals surface area contributed by atoms with Gasteiger partial charge in [0.15, 0.2) is 0 Å². The summed E-state index contributed by atoms with van der Waals surface area (Å²) in [6, 6.07) is 0.626. The first-order valence-electron chi connectivity index (χ1n) is 5.81. The van der Waals surface area contributed by atoms with Crippen LogP contribution in [-0.4, -0.2) is 55.2 Å². The van der Waals surface area contributed by atoms with Gasteiger partial charge in [-0.15, -0.1) is 0 Å². The Labute approximate surface area is 92.2 Å². The minimum absolute atomic E-state index is 0.157. The number of nitrogens with zero attached hydrogens (tertiary/aromatic N) is 2. The van der Waals surface area contributed by atoms with Gasteiger partial charge >= 0.3 is 6.09 Å². The van der Waals surface area contributed by atoms with Crippen molar-refractivity contribution in [3.63, 3.8) is 0 Å². The maximum Gasteiger partial charge on any atom is 0.409 e. The molecule has 1 heterocycles. The van der Waals surface area contributed by atoms with Gasteiger partial charge < -0.3 is 14.5 Å². The van der Waals surface area contributed by atoms with Gasteiger partial charge in [-0.05, 0) is 33.4 Å². The largest absolute Gasteiger partial charge is 0.450 e. The molecule has 1 fully saturated rings. The van der Waals surface area contributed by atoms with Crippen LogP contribution in [0.3, 0.4) is 0 Å². The first kappa shape index (κ1) is 12.3. The monoisotopic (exact) mass is 214 g/mol. The summed E-state index contributed by atoms with van der Waals surface area (Å²) in [5.41, 5.74) is 0. The fraction of sp³-hybridized carbons (Fsp3) is 0.909. The highest BCUT2D eigenvalue weighted by molar-refractivity contribution is 5.67. The van der Waals surface area contributed by atoms with Crippen molar-refractivity contribution in [1.29, 1.82) is 0 Å². The molecule has 0 bridgehead atoms. The third-order valence-electron chi connectivity index (χ3n) is 3.11. The van der Waals surface area contributed by atoms with E-state index in [1.807, 2.05) is 11.8 Å². The summed E-state index contributed by atoms with van der Waals surface area (Å²) in [5.74, 6) is 0. The van der Waals surface area contributed by atoms with E-state index in [1.165, 1.54) is 0 Å². The van der Waals surface area contributed by atoms with Crippen LogP contribution in [0.15, 0.2) is 0 Å². The molecule has 1 aliphatic rings. The maximum atomic E-state index is 11.4. The summed E-state index contributed by atoms with van der Waals surface area (Å²) in [5, 5.41) is 0. The van der Waals surface area contributed by atoms with Crippen LogP contribution in [0.2, 0.25) is 0 Å². The van der Waals surface area contributed by atoms with Crippen molar-refractivity contribution in [1.82, 2.24) is 9.80 Å². The van der Waals surface area contributed by atoms with Gasteiger partial charge in [0.05, 0.1) is 6.61 Å². The fourth-order valence-electron chi connectivity index (χ4n) is 1.96. The Bertz CT molecular complexity index is 201. The molecular formula is C11H22N2O2. The van der Waals surface area contributed by atoms with E-state index in [4.69, 9.17) is 4.74 Å². The van der Waals surface area contributed by atoms with Crippen LogP contribution in [0, 0.1) is 0 Å². The second kappa shape index (κ2) is 5.95. The number of ether oxygens (including phenoxy) is 1. The molecule has 4 heteroatoms. The first-order chi connectivity index (χ1) is 7.19. The van der Waals surface area contributed by atoms with Gasteiger partial charge in [0.25, 0.3) is 0 Å². The van der Waals surface area contributed by atoms with Crippen LogP contribution in [0.25, 0.3) is 0 Å². The Morgan fingerprint density at radius 1 is 1.40 bits per heavy atom. The average molecular weight is 214 g/mol. The lowest BCUT2D eigenvalue weighted by atomic mass is 10.0. The SMILES string of the molecule is CCOC(=O)N1CCC(N(C)CC)CC1. The summed E-state index contributed by atoms with van der Waals surface area (Å²) in [6.45, 7) is 7.20. The van der Waals surface area contributed by atoms with E-state index < -0.39 is 0 Å². The van der Waals surface area contributed by atoms with Gasteiger partial charge in [-0.1, -0.05) is 6.92 Å². The summed E-state index contributed by atoms with van der Waals surface area (Å²) in [4.78, 5) is 15.6. The van der Waals surface area contributed by atoms with Crippen molar-refractivity contribution in [3.8, 4) is 0 Å². The Balaban J connectivity index is 2.32. The van der Waals surface area contributed by atoms with Crippen molar-refractivity contribution in [2.75, 3.05) is 33.3 Å². The summed E-state index contributed by atoms with van der Waals surface area (Å²) >= 11 is 0. The molecule has 0 saturated carbocycles. The zero-order valence-corrected chi connectivity index (χ0v) is 10.0. The highest BCUT2D eigenvalue weighted by Gasteiger charge is 2.24. The fourth-order valence-corrected chi connectivity index (χ4v) is 1.96. The number of piperidine rings is 1. The summed E-state index contributed by atoms with van der Waals surface area (Å²) in [7, 11) is 2.14. The number of likely N-dealkylation sites (tertiary alicyclic amines) is 1. The van der Waals surface area contributed by atoms with E-state index in [9.17, 15) is 4.79 Å². The van der Waals surface area contributed by atoms with Crippen molar-refractivity contribution >= 4 is 6.09 Å². The lowest BCUT2D eigenvalue weighted by Gasteiger charge is -2.35. The van der Waals surface area contributed by atoms with Crippen LogP contribution < -0.4 is 0 Å². The second-order valence-electron chi connectivity index (χ2n) is 3.99. The van der Waals surface area contributed by atoms with E-state index in [0.29, 0.717) is 12.6 Å². The van der Waals surface area contributed by atoms with Gasteiger partial charge in [0.1, 0.15) is 0 Å². The molecule has 1 saturated heterocycles. The molecule has 0 N–H and O–H groups in total. The molecule has 0 spiro atoms. The molecule has 0 aromatic heterocycles. The number of hydrogen-bond donors (Lipinski definition) is 0. The molecule has 1 aliphatic heterocycles. The second-order valence-corrected chi connectivity index (χ2v) is 3.99. The summed E-state index contributed by atoms with van der Waals surface area (Å²) in [6.07, 6.45) is 1.96. The zero-order valence-electron chi connectivity index (χ0n) is 10.0. The Kier molecular flexibility index (Phi) is 4.88. The predicted octanol–water partition coefficient (Wildman–Crippen LogP) is 1.56. The van der Waals surface area contributed by atoms with Gasteiger partial charge in [-0.3, -0.25) is 0 Å².